The summed E-state index contributed by atoms with van der Waals surface area (Å²) in [7, 11) is -1.97. The maximum absolute atomic E-state index is 12.5. The molecule has 0 radical (unpaired) electrons. The first-order valence-electron chi connectivity index (χ1n) is 8.62. The monoisotopic (exact) mass is 441 g/mol. The second kappa shape index (κ2) is 9.13. The molecular weight excluding hydrogens is 422 g/mol. The standard InChI is InChI=1S/C18H20ClN3O4S2/c1-26-16-6-4-13(19)10-15(16)21-17(23)12-27-18-7-5-14(11-20-18)28(24,25)22-8-2-3-9-22/h4-7,10-11H,2-3,8-9,12H2,1H3,(H,21,23). The van der Waals surface area contributed by atoms with E-state index in [9.17, 15) is 13.2 Å². The molecular formula is C18H20ClN3O4S2. The molecule has 1 aromatic heterocycles. The SMILES string of the molecule is COc1ccc(Cl)cc1NC(=O)CSc1ccc(S(=O)(=O)N2CCCC2)cn1. The molecule has 1 aliphatic heterocycles. The molecule has 0 saturated carbocycles. The molecule has 150 valence electrons. The highest BCUT2D eigenvalue weighted by Gasteiger charge is 2.27. The number of benzene rings is 1. The number of nitrogens with zero attached hydrogens (tertiary/aromatic N) is 2. The van der Waals surface area contributed by atoms with Gasteiger partial charge >= 0.3 is 0 Å². The first kappa shape index (κ1) is 20.9. The van der Waals surface area contributed by atoms with E-state index in [-0.39, 0.29) is 16.6 Å². The molecule has 7 nitrogen and oxygen atoms in total. The van der Waals surface area contributed by atoms with E-state index in [0.717, 1.165) is 12.8 Å². The van der Waals surface area contributed by atoms with E-state index in [0.29, 0.717) is 34.6 Å². The topological polar surface area (TPSA) is 88.6 Å². The predicted molar refractivity (Wildman–Crippen MR) is 110 cm³/mol. The lowest BCUT2D eigenvalue weighted by atomic mass is 10.3. The van der Waals surface area contributed by atoms with Gasteiger partial charge in [-0.2, -0.15) is 4.31 Å². The maximum atomic E-state index is 12.5. The van der Waals surface area contributed by atoms with E-state index in [4.69, 9.17) is 16.3 Å². The van der Waals surface area contributed by atoms with Gasteiger partial charge in [-0.25, -0.2) is 13.4 Å². The van der Waals surface area contributed by atoms with Crippen molar-refractivity contribution in [2.75, 3.05) is 31.3 Å². The molecule has 10 heteroatoms. The van der Waals surface area contributed by atoms with Crippen LogP contribution in [0.25, 0.3) is 0 Å². The zero-order chi connectivity index (χ0) is 20.1. The highest BCUT2D eigenvalue weighted by Crippen LogP contribution is 2.28. The van der Waals surface area contributed by atoms with Gasteiger partial charge in [0.1, 0.15) is 10.6 Å². The lowest BCUT2D eigenvalue weighted by Crippen LogP contribution is -2.27. The molecule has 1 saturated heterocycles. The number of carbonyl (C=O) groups excluding carboxylic acids is 1. The van der Waals surface area contributed by atoms with Crippen LogP contribution in [0.1, 0.15) is 12.8 Å². The van der Waals surface area contributed by atoms with E-state index in [2.05, 4.69) is 10.3 Å². The summed E-state index contributed by atoms with van der Waals surface area (Å²) in [4.78, 5) is 16.6. The van der Waals surface area contributed by atoms with Crippen LogP contribution < -0.4 is 10.1 Å². The fraction of sp³-hybridized carbons (Fsp3) is 0.333. The van der Waals surface area contributed by atoms with Gasteiger partial charge in [0, 0.05) is 24.3 Å². The smallest absolute Gasteiger partial charge is 0.244 e. The highest BCUT2D eigenvalue weighted by atomic mass is 35.5. The van der Waals surface area contributed by atoms with E-state index in [1.165, 1.54) is 35.4 Å². The van der Waals surface area contributed by atoms with Gasteiger partial charge < -0.3 is 10.1 Å². The van der Waals surface area contributed by atoms with Gasteiger partial charge in [0.2, 0.25) is 15.9 Å². The lowest BCUT2D eigenvalue weighted by molar-refractivity contribution is -0.113. The summed E-state index contributed by atoms with van der Waals surface area (Å²) in [5.41, 5.74) is 0.487. The molecule has 2 aromatic rings. The Kier molecular flexibility index (Phi) is 6.82. The number of methoxy groups -OCH3 is 1. The Morgan fingerprint density at radius 2 is 2.04 bits per heavy atom. The van der Waals surface area contributed by atoms with Crippen molar-refractivity contribution in [3.63, 3.8) is 0 Å². The van der Waals surface area contributed by atoms with Crippen molar-refractivity contribution in [2.24, 2.45) is 0 Å². The second-order valence-corrected chi connectivity index (χ2v) is 9.49. The van der Waals surface area contributed by atoms with Crippen LogP contribution in [-0.2, 0) is 14.8 Å². The second-order valence-electron chi connectivity index (χ2n) is 6.12. The van der Waals surface area contributed by atoms with Crippen LogP contribution in [0.3, 0.4) is 0 Å². The molecule has 0 aliphatic carbocycles. The van der Waals surface area contributed by atoms with Crippen LogP contribution in [-0.4, -0.2) is 49.6 Å². The highest BCUT2D eigenvalue weighted by molar-refractivity contribution is 7.99. The summed E-state index contributed by atoms with van der Waals surface area (Å²) in [5.74, 6) is 0.374. The average Bonchev–Trinajstić information content (AvgIpc) is 3.23. The summed E-state index contributed by atoms with van der Waals surface area (Å²) in [5, 5.41) is 3.80. The molecule has 1 fully saturated rings. The van der Waals surface area contributed by atoms with Crippen LogP contribution in [0.2, 0.25) is 5.02 Å². The zero-order valence-electron chi connectivity index (χ0n) is 15.2. The molecule has 3 rings (SSSR count). The number of pyridine rings is 1. The number of ether oxygens (including phenoxy) is 1. The maximum Gasteiger partial charge on any atom is 0.244 e. The summed E-state index contributed by atoms with van der Waals surface area (Å²) in [6.07, 6.45) is 3.11. The van der Waals surface area contributed by atoms with Crippen LogP contribution in [0.15, 0.2) is 46.5 Å². The van der Waals surface area contributed by atoms with Crippen molar-refractivity contribution in [1.29, 1.82) is 0 Å². The normalized spacial score (nSPS) is 14.8. The Hall–Kier alpha value is -1.81. The summed E-state index contributed by atoms with van der Waals surface area (Å²) in [6, 6.07) is 8.10. The third-order valence-corrected chi connectivity index (χ3v) is 7.26. The third kappa shape index (κ3) is 4.96. The Balaban J connectivity index is 1.59. The molecule has 28 heavy (non-hydrogen) atoms. The first-order valence-corrected chi connectivity index (χ1v) is 11.4. The zero-order valence-corrected chi connectivity index (χ0v) is 17.6. The van der Waals surface area contributed by atoms with Gasteiger partial charge in [0.25, 0.3) is 0 Å². The minimum Gasteiger partial charge on any atom is -0.495 e. The number of thioether (sulfide) groups is 1. The lowest BCUT2D eigenvalue weighted by Gasteiger charge is -2.15. The van der Waals surface area contributed by atoms with E-state index in [1.807, 2.05) is 0 Å². The van der Waals surface area contributed by atoms with E-state index < -0.39 is 10.0 Å². The molecule has 1 N–H and O–H groups in total. The number of rotatable bonds is 7. The molecule has 0 unspecified atom stereocenters. The number of anilines is 1. The largest absolute Gasteiger partial charge is 0.495 e. The molecule has 2 heterocycles. The molecule has 0 spiro atoms. The number of carbonyl (C=O) groups is 1. The van der Waals surface area contributed by atoms with Gasteiger partial charge in [-0.3, -0.25) is 4.79 Å². The minimum atomic E-state index is -3.48. The van der Waals surface area contributed by atoms with Gasteiger partial charge in [-0.05, 0) is 43.2 Å². The number of aromatic nitrogens is 1. The average molecular weight is 442 g/mol. The van der Waals surface area contributed by atoms with Crippen LogP contribution in [0.5, 0.6) is 5.75 Å². The fourth-order valence-corrected chi connectivity index (χ4v) is 5.06. The number of sulfonamides is 1. The van der Waals surface area contributed by atoms with Crippen molar-refractivity contribution in [3.8, 4) is 5.75 Å². The van der Waals surface area contributed by atoms with Crippen molar-refractivity contribution in [1.82, 2.24) is 9.29 Å². The van der Waals surface area contributed by atoms with Crippen LogP contribution >= 0.6 is 23.4 Å². The third-order valence-electron chi connectivity index (χ3n) is 4.20. The Morgan fingerprint density at radius 3 is 2.68 bits per heavy atom. The van der Waals surface area contributed by atoms with Crippen LogP contribution in [0, 0.1) is 0 Å². The number of halogens is 1. The van der Waals surface area contributed by atoms with Crippen molar-refractivity contribution in [3.05, 3.63) is 41.6 Å². The molecule has 0 atom stereocenters. The molecule has 1 aliphatic rings. The van der Waals surface area contributed by atoms with Gasteiger partial charge in [-0.1, -0.05) is 23.4 Å². The summed E-state index contributed by atoms with van der Waals surface area (Å²) >= 11 is 7.17. The predicted octanol–water partition coefficient (Wildman–Crippen LogP) is 3.26. The Morgan fingerprint density at radius 1 is 1.29 bits per heavy atom. The van der Waals surface area contributed by atoms with Crippen LogP contribution in [0.4, 0.5) is 5.69 Å². The number of hydrogen-bond acceptors (Lipinski definition) is 6. The minimum absolute atomic E-state index is 0.112. The fourth-order valence-electron chi connectivity index (χ4n) is 2.79. The number of hydrogen-bond donors (Lipinski definition) is 1. The van der Waals surface area contributed by atoms with Crippen molar-refractivity contribution < 1.29 is 17.9 Å². The van der Waals surface area contributed by atoms with Gasteiger partial charge in [0.05, 0.1) is 23.6 Å². The molecule has 1 aromatic carbocycles. The van der Waals surface area contributed by atoms with E-state index in [1.54, 1.807) is 24.3 Å². The Labute approximate surface area is 173 Å². The first-order chi connectivity index (χ1) is 13.4. The summed E-state index contributed by atoms with van der Waals surface area (Å²) in [6.45, 7) is 1.10. The number of nitrogens with one attached hydrogen (secondary N) is 1. The Bertz CT molecular complexity index is 946. The summed E-state index contributed by atoms with van der Waals surface area (Å²) < 4.78 is 31.7. The molecule has 0 bridgehead atoms. The van der Waals surface area contributed by atoms with Crippen molar-refractivity contribution >= 4 is 45.0 Å². The number of amides is 1. The molecule has 1 amide bonds. The van der Waals surface area contributed by atoms with E-state index >= 15 is 0 Å². The van der Waals surface area contributed by atoms with Gasteiger partial charge in [-0.15, -0.1) is 0 Å². The van der Waals surface area contributed by atoms with Gasteiger partial charge in [0.15, 0.2) is 0 Å². The van der Waals surface area contributed by atoms with Crippen molar-refractivity contribution in [2.45, 2.75) is 22.8 Å². The quantitative estimate of drug-likeness (QED) is 0.663.